The van der Waals surface area contributed by atoms with Gasteiger partial charge in [0.15, 0.2) is 0 Å². The molecule has 0 saturated carbocycles. The van der Waals surface area contributed by atoms with Crippen LogP contribution in [0.1, 0.15) is 37.9 Å². The highest BCUT2D eigenvalue weighted by Crippen LogP contribution is 2.40. The van der Waals surface area contributed by atoms with Crippen molar-refractivity contribution in [3.8, 4) is 0 Å². The number of pyridine rings is 1. The fourth-order valence-electron chi connectivity index (χ4n) is 2.02. The lowest BCUT2D eigenvalue weighted by Crippen LogP contribution is -2.15. The summed E-state index contributed by atoms with van der Waals surface area (Å²) in [6, 6.07) is 3.82. The van der Waals surface area contributed by atoms with E-state index in [9.17, 15) is 9.36 Å². The molecule has 0 aliphatic rings. The van der Waals surface area contributed by atoms with Gasteiger partial charge in [0.05, 0.1) is 13.7 Å². The summed E-state index contributed by atoms with van der Waals surface area (Å²) in [4.78, 5) is 15.6. The van der Waals surface area contributed by atoms with Crippen LogP contribution < -0.4 is 5.44 Å². The third-order valence-electron chi connectivity index (χ3n) is 3.15. The second kappa shape index (κ2) is 8.30. The minimum absolute atomic E-state index is 0.213. The highest BCUT2D eigenvalue weighted by molar-refractivity contribution is 7.65. The summed E-state index contributed by atoms with van der Waals surface area (Å²) in [7, 11) is -1.49. The largest absolute Gasteiger partial charge is 0.469 e. The van der Waals surface area contributed by atoms with Gasteiger partial charge in [0, 0.05) is 18.8 Å². The number of nitrogens with zero attached hydrogens (tertiary/aromatic N) is 1. The van der Waals surface area contributed by atoms with Crippen LogP contribution in [0.15, 0.2) is 12.1 Å². The van der Waals surface area contributed by atoms with E-state index >= 15 is 0 Å². The number of carbonyl (C=O) groups excluding carboxylic acids is 1. The fraction of sp³-hybridized carbons (Fsp3) is 0.600. The molecule has 118 valence electrons. The van der Waals surface area contributed by atoms with Gasteiger partial charge in [-0.2, -0.15) is 0 Å². The summed E-state index contributed by atoms with van der Waals surface area (Å²) in [6.45, 7) is 5.81. The number of rotatable bonds is 8. The molecule has 0 aliphatic heterocycles. The first-order valence-electron chi connectivity index (χ1n) is 7.22. The molecule has 0 aliphatic carbocycles. The Kier molecular flexibility index (Phi) is 7.06. The second-order valence-electron chi connectivity index (χ2n) is 4.87. The van der Waals surface area contributed by atoms with Crippen LogP contribution in [0.4, 0.5) is 0 Å². The Morgan fingerprint density at radius 2 is 2.05 bits per heavy atom. The van der Waals surface area contributed by atoms with Gasteiger partial charge in [-0.1, -0.05) is 6.92 Å². The third-order valence-corrected chi connectivity index (χ3v) is 4.96. The topological polar surface area (TPSA) is 65.5 Å². The smallest absolute Gasteiger partial charge is 0.305 e. The zero-order valence-electron chi connectivity index (χ0n) is 13.2. The summed E-state index contributed by atoms with van der Waals surface area (Å²) in [5.41, 5.74) is 2.43. The van der Waals surface area contributed by atoms with Crippen LogP contribution in [0.3, 0.4) is 0 Å². The van der Waals surface area contributed by atoms with Gasteiger partial charge in [0.1, 0.15) is 5.44 Å². The number of aromatic nitrogens is 1. The van der Waals surface area contributed by atoms with Crippen molar-refractivity contribution in [2.75, 3.05) is 20.4 Å². The van der Waals surface area contributed by atoms with Gasteiger partial charge < -0.3 is 9.26 Å². The van der Waals surface area contributed by atoms with Gasteiger partial charge in [-0.3, -0.25) is 9.36 Å². The Bertz CT molecular complexity index is 530. The fourth-order valence-corrected chi connectivity index (χ4v) is 3.35. The highest BCUT2D eigenvalue weighted by Gasteiger charge is 2.21. The van der Waals surface area contributed by atoms with Gasteiger partial charge in [0.2, 0.25) is 7.37 Å². The van der Waals surface area contributed by atoms with E-state index in [1.807, 2.05) is 26.0 Å². The monoisotopic (exact) mass is 313 g/mol. The molecule has 0 N–H and O–H groups in total. The maximum absolute atomic E-state index is 12.5. The number of methoxy groups -OCH3 is 1. The van der Waals surface area contributed by atoms with Gasteiger partial charge >= 0.3 is 5.97 Å². The second-order valence-corrected chi connectivity index (χ2v) is 7.28. The van der Waals surface area contributed by atoms with Crippen molar-refractivity contribution in [2.45, 2.75) is 39.5 Å². The molecule has 1 unspecified atom stereocenters. The molecular formula is C15H24NO4P. The van der Waals surface area contributed by atoms with Gasteiger partial charge in [-0.25, -0.2) is 4.98 Å². The van der Waals surface area contributed by atoms with Crippen LogP contribution >= 0.6 is 7.37 Å². The number of hydrogen-bond acceptors (Lipinski definition) is 5. The minimum Gasteiger partial charge on any atom is -0.469 e. The molecule has 1 aromatic heterocycles. The molecule has 1 heterocycles. The maximum Gasteiger partial charge on any atom is 0.305 e. The van der Waals surface area contributed by atoms with Crippen LogP contribution in [0.5, 0.6) is 0 Å². The number of ether oxygens (including phenoxy) is 1. The van der Waals surface area contributed by atoms with E-state index in [1.54, 1.807) is 6.66 Å². The third kappa shape index (κ3) is 5.60. The van der Waals surface area contributed by atoms with E-state index in [0.717, 1.165) is 24.1 Å². The molecule has 0 saturated heterocycles. The van der Waals surface area contributed by atoms with E-state index < -0.39 is 7.37 Å². The normalized spacial score (nSPS) is 13.7. The number of hydrogen-bond donors (Lipinski definition) is 0. The van der Waals surface area contributed by atoms with Gasteiger partial charge in [-0.05, 0) is 43.9 Å². The summed E-state index contributed by atoms with van der Waals surface area (Å²) in [5.74, 6) is -0.213. The molecule has 0 amide bonds. The standard InChI is InChI=1S/C15H24NO4P/c1-5-13-10-12(8-7-9-15(17)19-3)11-14(16-13)21(4,18)20-6-2/h10-11H,5-9H2,1-4H3. The van der Waals surface area contributed by atoms with Crippen LogP contribution in [0.2, 0.25) is 0 Å². The Hall–Kier alpha value is -1.19. The molecule has 0 bridgehead atoms. The molecule has 5 nitrogen and oxygen atoms in total. The van der Waals surface area contributed by atoms with Crippen molar-refractivity contribution >= 4 is 18.8 Å². The van der Waals surface area contributed by atoms with Crippen LogP contribution in [-0.4, -0.2) is 31.3 Å². The minimum atomic E-state index is -2.87. The van der Waals surface area contributed by atoms with E-state index in [-0.39, 0.29) is 5.97 Å². The average molecular weight is 313 g/mol. The maximum atomic E-state index is 12.5. The number of carbonyl (C=O) groups is 1. The zero-order chi connectivity index (χ0) is 15.9. The van der Waals surface area contributed by atoms with Crippen molar-refractivity contribution in [3.05, 3.63) is 23.4 Å². The van der Waals surface area contributed by atoms with Crippen molar-refractivity contribution in [1.82, 2.24) is 4.98 Å². The predicted octanol–water partition coefficient (Wildman–Crippen LogP) is 2.71. The van der Waals surface area contributed by atoms with E-state index in [2.05, 4.69) is 9.72 Å². The predicted molar refractivity (Wildman–Crippen MR) is 83.4 cm³/mol. The highest BCUT2D eigenvalue weighted by atomic mass is 31.2. The molecule has 0 aromatic carbocycles. The number of esters is 1. The van der Waals surface area contributed by atoms with Crippen molar-refractivity contribution in [2.24, 2.45) is 0 Å². The molecule has 1 rings (SSSR count). The molecule has 21 heavy (non-hydrogen) atoms. The molecule has 6 heteroatoms. The Balaban J connectivity index is 2.90. The van der Waals surface area contributed by atoms with Crippen LogP contribution in [-0.2, 0) is 31.5 Å². The van der Waals surface area contributed by atoms with Gasteiger partial charge in [0.25, 0.3) is 0 Å². The molecule has 0 fully saturated rings. The molecule has 1 atom stereocenters. The molecule has 1 aromatic rings. The molecular weight excluding hydrogens is 289 g/mol. The van der Waals surface area contributed by atoms with Gasteiger partial charge in [-0.15, -0.1) is 0 Å². The van der Waals surface area contributed by atoms with Crippen molar-refractivity contribution in [1.29, 1.82) is 0 Å². The zero-order valence-corrected chi connectivity index (χ0v) is 14.1. The van der Waals surface area contributed by atoms with Crippen LogP contribution in [0, 0.1) is 0 Å². The first kappa shape index (κ1) is 17.9. The van der Waals surface area contributed by atoms with E-state index in [0.29, 0.717) is 24.9 Å². The molecule has 0 spiro atoms. The Morgan fingerprint density at radius 3 is 2.62 bits per heavy atom. The quantitative estimate of drug-likeness (QED) is 0.545. The Morgan fingerprint density at radius 1 is 1.33 bits per heavy atom. The lowest BCUT2D eigenvalue weighted by Gasteiger charge is -2.14. The first-order valence-corrected chi connectivity index (χ1v) is 9.29. The summed E-state index contributed by atoms with van der Waals surface area (Å²) < 4.78 is 22.5. The van der Waals surface area contributed by atoms with Crippen LogP contribution in [0.25, 0.3) is 0 Å². The van der Waals surface area contributed by atoms with E-state index in [1.165, 1.54) is 7.11 Å². The summed E-state index contributed by atoms with van der Waals surface area (Å²) in [5, 5.41) is 0. The Labute approximate surface area is 126 Å². The lowest BCUT2D eigenvalue weighted by atomic mass is 10.1. The average Bonchev–Trinajstić information content (AvgIpc) is 2.46. The van der Waals surface area contributed by atoms with Crippen molar-refractivity contribution in [3.63, 3.8) is 0 Å². The van der Waals surface area contributed by atoms with Crippen molar-refractivity contribution < 1.29 is 18.6 Å². The summed E-state index contributed by atoms with van der Waals surface area (Å²) >= 11 is 0. The first-order chi connectivity index (χ1) is 9.92. The number of aryl methyl sites for hydroxylation is 2. The summed E-state index contributed by atoms with van der Waals surface area (Å²) in [6.07, 6.45) is 2.57. The van der Waals surface area contributed by atoms with E-state index in [4.69, 9.17) is 4.52 Å². The lowest BCUT2D eigenvalue weighted by molar-refractivity contribution is -0.140. The SMILES string of the molecule is CCOP(C)(=O)c1cc(CCCC(=O)OC)cc(CC)n1. The molecule has 0 radical (unpaired) electrons.